The first-order valence-corrected chi connectivity index (χ1v) is 8.87. The lowest BCUT2D eigenvalue weighted by molar-refractivity contribution is -0.138. The molecule has 1 aliphatic rings. The number of hydrogen-bond acceptors (Lipinski definition) is 3. The highest BCUT2D eigenvalue weighted by molar-refractivity contribution is 5.75. The minimum atomic E-state index is -4.49. The fourth-order valence-electron chi connectivity index (χ4n) is 3.11. The minimum Gasteiger partial charge on any atom is -0.450 e. The number of carbonyl (C=O) groups excluding carboxylic acids is 2. The highest BCUT2D eigenvalue weighted by atomic mass is 19.4. The van der Waals surface area contributed by atoms with E-state index in [1.54, 1.807) is 6.92 Å². The molecular formula is C18H24F3N3O3. The first-order valence-electron chi connectivity index (χ1n) is 8.87. The molecule has 1 saturated heterocycles. The van der Waals surface area contributed by atoms with E-state index in [1.807, 2.05) is 0 Å². The summed E-state index contributed by atoms with van der Waals surface area (Å²) in [4.78, 5) is 25.5. The molecule has 3 amide bonds. The van der Waals surface area contributed by atoms with Crippen LogP contribution in [-0.2, 0) is 10.9 Å². The molecular weight excluding hydrogens is 363 g/mol. The number of carbonyl (C=O) groups is 2. The van der Waals surface area contributed by atoms with Gasteiger partial charge >= 0.3 is 18.3 Å². The van der Waals surface area contributed by atoms with E-state index in [0.717, 1.165) is 6.07 Å². The van der Waals surface area contributed by atoms with Crippen LogP contribution in [0.2, 0.25) is 0 Å². The number of amides is 3. The zero-order valence-corrected chi connectivity index (χ0v) is 15.3. The van der Waals surface area contributed by atoms with Crippen molar-refractivity contribution in [3.63, 3.8) is 0 Å². The fraction of sp³-hybridized carbons (Fsp3) is 0.556. The van der Waals surface area contributed by atoms with Gasteiger partial charge < -0.3 is 20.3 Å². The van der Waals surface area contributed by atoms with Crippen molar-refractivity contribution in [1.82, 2.24) is 15.5 Å². The Balaban J connectivity index is 1.99. The lowest BCUT2D eigenvalue weighted by Crippen LogP contribution is -2.52. The standard InChI is InChI=1S/C18H24F3N3O3/c1-3-27-17(26)23-13-7-6-10-24(11-13)16(25)22-12(2)14-8-4-5-9-15(14)18(19,20)21/h4-5,8-9,12-13H,3,6-7,10-11H2,1-2H3,(H,22,25)(H,23,26)/t12-,13+/m1/s1. The van der Waals surface area contributed by atoms with E-state index >= 15 is 0 Å². The third kappa shape index (κ3) is 5.77. The molecule has 0 saturated carbocycles. The Kier molecular flexibility index (Phi) is 6.92. The van der Waals surface area contributed by atoms with Crippen LogP contribution in [0.3, 0.4) is 0 Å². The molecule has 0 aliphatic carbocycles. The van der Waals surface area contributed by atoms with Crippen molar-refractivity contribution < 1.29 is 27.5 Å². The second kappa shape index (κ2) is 8.96. The highest BCUT2D eigenvalue weighted by Crippen LogP contribution is 2.34. The Hall–Kier alpha value is -2.45. The Morgan fingerprint density at radius 2 is 2.04 bits per heavy atom. The van der Waals surface area contributed by atoms with Crippen molar-refractivity contribution >= 4 is 12.1 Å². The smallest absolute Gasteiger partial charge is 0.416 e. The van der Waals surface area contributed by atoms with Gasteiger partial charge in [-0.25, -0.2) is 9.59 Å². The molecule has 1 aromatic carbocycles. The molecule has 1 heterocycles. The summed E-state index contributed by atoms with van der Waals surface area (Å²) in [5.41, 5.74) is -0.755. The van der Waals surface area contributed by atoms with Crippen LogP contribution in [0.25, 0.3) is 0 Å². The van der Waals surface area contributed by atoms with E-state index in [2.05, 4.69) is 10.6 Å². The first kappa shape index (κ1) is 20.9. The monoisotopic (exact) mass is 387 g/mol. The number of urea groups is 1. The molecule has 1 aromatic rings. The number of halogens is 3. The van der Waals surface area contributed by atoms with Gasteiger partial charge in [-0.15, -0.1) is 0 Å². The summed E-state index contributed by atoms with van der Waals surface area (Å²) in [6.45, 7) is 4.21. The van der Waals surface area contributed by atoms with Crippen LogP contribution >= 0.6 is 0 Å². The minimum absolute atomic E-state index is 0.0107. The van der Waals surface area contributed by atoms with Crippen molar-refractivity contribution in [2.75, 3.05) is 19.7 Å². The summed E-state index contributed by atoms with van der Waals surface area (Å²) in [7, 11) is 0. The van der Waals surface area contributed by atoms with Gasteiger partial charge in [0, 0.05) is 19.1 Å². The molecule has 1 aliphatic heterocycles. The molecule has 0 unspecified atom stereocenters. The molecule has 27 heavy (non-hydrogen) atoms. The van der Waals surface area contributed by atoms with E-state index in [4.69, 9.17) is 4.74 Å². The quantitative estimate of drug-likeness (QED) is 0.828. The van der Waals surface area contributed by atoms with Crippen molar-refractivity contribution in [2.24, 2.45) is 0 Å². The van der Waals surface area contributed by atoms with E-state index < -0.39 is 29.9 Å². The number of ether oxygens (including phenoxy) is 1. The number of piperidine rings is 1. The molecule has 1 fully saturated rings. The highest BCUT2D eigenvalue weighted by Gasteiger charge is 2.35. The van der Waals surface area contributed by atoms with Gasteiger partial charge in [0.15, 0.2) is 0 Å². The number of likely N-dealkylation sites (tertiary alicyclic amines) is 1. The van der Waals surface area contributed by atoms with Gasteiger partial charge in [0.2, 0.25) is 0 Å². The SMILES string of the molecule is CCOC(=O)N[C@H]1CCCN(C(=O)N[C@H](C)c2ccccc2C(F)(F)F)C1. The summed E-state index contributed by atoms with van der Waals surface area (Å²) in [5, 5.41) is 5.31. The normalized spacial score (nSPS) is 18.6. The van der Waals surface area contributed by atoms with E-state index in [9.17, 15) is 22.8 Å². The molecule has 0 aromatic heterocycles. The Bertz CT molecular complexity index is 667. The second-order valence-corrected chi connectivity index (χ2v) is 6.41. The van der Waals surface area contributed by atoms with Crippen LogP contribution in [0.15, 0.2) is 24.3 Å². The average Bonchev–Trinajstić information content (AvgIpc) is 2.61. The van der Waals surface area contributed by atoms with Crippen LogP contribution < -0.4 is 10.6 Å². The lowest BCUT2D eigenvalue weighted by atomic mass is 10.0. The topological polar surface area (TPSA) is 70.7 Å². The maximum atomic E-state index is 13.2. The number of alkyl carbamates (subject to hydrolysis) is 1. The van der Waals surface area contributed by atoms with Gasteiger partial charge in [-0.05, 0) is 38.3 Å². The predicted molar refractivity (Wildman–Crippen MR) is 93.1 cm³/mol. The molecule has 0 radical (unpaired) electrons. The van der Waals surface area contributed by atoms with Gasteiger partial charge in [-0.3, -0.25) is 0 Å². The molecule has 2 atom stereocenters. The number of benzene rings is 1. The Morgan fingerprint density at radius 1 is 1.33 bits per heavy atom. The van der Waals surface area contributed by atoms with Crippen molar-refractivity contribution in [1.29, 1.82) is 0 Å². The second-order valence-electron chi connectivity index (χ2n) is 6.41. The van der Waals surface area contributed by atoms with Gasteiger partial charge in [-0.2, -0.15) is 13.2 Å². The van der Waals surface area contributed by atoms with Gasteiger partial charge in [0.05, 0.1) is 18.2 Å². The van der Waals surface area contributed by atoms with Crippen LogP contribution in [0.5, 0.6) is 0 Å². The number of rotatable bonds is 4. The number of hydrogen-bond donors (Lipinski definition) is 2. The lowest BCUT2D eigenvalue weighted by Gasteiger charge is -2.34. The van der Waals surface area contributed by atoms with Crippen LogP contribution in [0.1, 0.15) is 43.9 Å². The number of alkyl halides is 3. The fourth-order valence-corrected chi connectivity index (χ4v) is 3.11. The predicted octanol–water partition coefficient (Wildman–Crippen LogP) is 3.69. The van der Waals surface area contributed by atoms with Crippen LogP contribution in [-0.4, -0.2) is 42.8 Å². The Labute approximate surface area is 156 Å². The Morgan fingerprint density at radius 3 is 2.70 bits per heavy atom. The van der Waals surface area contributed by atoms with Gasteiger partial charge in [-0.1, -0.05) is 18.2 Å². The summed E-state index contributed by atoms with van der Waals surface area (Å²) < 4.78 is 44.3. The zero-order chi connectivity index (χ0) is 20.0. The number of nitrogens with zero attached hydrogens (tertiary/aromatic N) is 1. The van der Waals surface area contributed by atoms with Crippen LogP contribution in [0, 0.1) is 0 Å². The molecule has 2 N–H and O–H groups in total. The summed E-state index contributed by atoms with van der Waals surface area (Å²) in [6, 6.07) is 3.66. The largest absolute Gasteiger partial charge is 0.450 e. The van der Waals surface area contributed by atoms with Crippen molar-refractivity contribution in [3.8, 4) is 0 Å². The third-order valence-electron chi connectivity index (χ3n) is 4.38. The molecule has 150 valence electrons. The molecule has 0 spiro atoms. The van der Waals surface area contributed by atoms with Crippen molar-refractivity contribution in [2.45, 2.75) is 44.9 Å². The van der Waals surface area contributed by atoms with E-state index in [-0.39, 0.29) is 24.8 Å². The summed E-state index contributed by atoms with van der Waals surface area (Å²) in [6.07, 6.45) is -3.65. The van der Waals surface area contributed by atoms with E-state index in [0.29, 0.717) is 19.4 Å². The van der Waals surface area contributed by atoms with Crippen molar-refractivity contribution in [3.05, 3.63) is 35.4 Å². The third-order valence-corrected chi connectivity index (χ3v) is 4.38. The first-order chi connectivity index (χ1) is 12.7. The molecule has 2 rings (SSSR count). The maximum absolute atomic E-state index is 13.2. The van der Waals surface area contributed by atoms with Crippen LogP contribution in [0.4, 0.5) is 22.8 Å². The molecule has 6 nitrogen and oxygen atoms in total. The molecule has 9 heteroatoms. The zero-order valence-electron chi connectivity index (χ0n) is 15.3. The average molecular weight is 387 g/mol. The maximum Gasteiger partial charge on any atom is 0.416 e. The van der Waals surface area contributed by atoms with E-state index in [1.165, 1.54) is 30.0 Å². The summed E-state index contributed by atoms with van der Waals surface area (Å²) in [5.74, 6) is 0. The number of nitrogens with one attached hydrogen (secondary N) is 2. The van der Waals surface area contributed by atoms with Gasteiger partial charge in [0.1, 0.15) is 0 Å². The molecule has 0 bridgehead atoms. The van der Waals surface area contributed by atoms with Gasteiger partial charge in [0.25, 0.3) is 0 Å². The summed E-state index contributed by atoms with van der Waals surface area (Å²) >= 11 is 0.